The number of benzene rings is 1. The van der Waals surface area contributed by atoms with Gasteiger partial charge < -0.3 is 15.6 Å². The Morgan fingerprint density at radius 2 is 1.95 bits per heavy atom. The molecule has 0 aliphatic heterocycles. The first-order valence-electron chi connectivity index (χ1n) is 7.78. The smallest absolute Gasteiger partial charge is 0.137 e. The average Bonchev–Trinajstić information content (AvgIpc) is 3.04. The van der Waals surface area contributed by atoms with Crippen LogP contribution in [0.3, 0.4) is 0 Å². The minimum absolute atomic E-state index is 0.558. The van der Waals surface area contributed by atoms with Gasteiger partial charge in [-0.05, 0) is 48.7 Å². The topological polar surface area (TPSA) is 57.9 Å². The number of H-pyrrole nitrogens is 1. The molecule has 1 aromatic carbocycles. The van der Waals surface area contributed by atoms with Crippen molar-refractivity contribution in [1.82, 2.24) is 9.97 Å². The molecule has 0 saturated carbocycles. The van der Waals surface area contributed by atoms with Crippen LogP contribution in [-0.2, 0) is 6.54 Å². The first-order chi connectivity index (χ1) is 10.8. The Hall–Kier alpha value is -2.33. The minimum atomic E-state index is 0.558. The molecule has 4 heteroatoms. The quantitative estimate of drug-likeness (QED) is 0.756. The zero-order valence-electron chi connectivity index (χ0n) is 13.1. The number of hydrogen-bond donors (Lipinski definition) is 2. The third kappa shape index (κ3) is 2.46. The molecule has 114 valence electrons. The summed E-state index contributed by atoms with van der Waals surface area (Å²) in [6.07, 6.45) is 3.78. The van der Waals surface area contributed by atoms with Crippen molar-refractivity contribution in [3.05, 3.63) is 48.3 Å². The van der Waals surface area contributed by atoms with Gasteiger partial charge in [0.15, 0.2) is 0 Å². The molecule has 0 spiro atoms. The number of aromatic nitrogens is 2. The monoisotopic (exact) mass is 294 g/mol. The van der Waals surface area contributed by atoms with Gasteiger partial charge in [-0.25, -0.2) is 4.98 Å². The zero-order valence-corrected chi connectivity index (χ0v) is 13.1. The van der Waals surface area contributed by atoms with E-state index in [1.165, 1.54) is 22.4 Å². The Kier molecular flexibility index (Phi) is 4.11. The SMILES string of the molecule is CCN(CC)c1cc(-c2ccnc3[nH]ccc23)ccc1CN. The molecule has 3 rings (SSSR count). The number of nitrogens with one attached hydrogen (secondary N) is 1. The lowest BCUT2D eigenvalue weighted by atomic mass is 10.00. The molecule has 0 aliphatic rings. The van der Waals surface area contributed by atoms with Gasteiger partial charge in [-0.2, -0.15) is 0 Å². The summed E-state index contributed by atoms with van der Waals surface area (Å²) in [6.45, 7) is 6.86. The summed E-state index contributed by atoms with van der Waals surface area (Å²) >= 11 is 0. The van der Waals surface area contributed by atoms with Crippen LogP contribution in [0.4, 0.5) is 5.69 Å². The maximum atomic E-state index is 5.92. The fourth-order valence-corrected chi connectivity index (χ4v) is 2.98. The van der Waals surface area contributed by atoms with Crippen LogP contribution in [0.2, 0.25) is 0 Å². The van der Waals surface area contributed by atoms with Crippen LogP contribution in [0.25, 0.3) is 22.2 Å². The van der Waals surface area contributed by atoms with E-state index < -0.39 is 0 Å². The van der Waals surface area contributed by atoms with Crippen molar-refractivity contribution in [1.29, 1.82) is 0 Å². The van der Waals surface area contributed by atoms with Crippen LogP contribution in [0.5, 0.6) is 0 Å². The minimum Gasteiger partial charge on any atom is -0.372 e. The summed E-state index contributed by atoms with van der Waals surface area (Å²) in [5.74, 6) is 0. The van der Waals surface area contributed by atoms with E-state index in [1.54, 1.807) is 0 Å². The van der Waals surface area contributed by atoms with Gasteiger partial charge in [-0.3, -0.25) is 0 Å². The van der Waals surface area contributed by atoms with E-state index in [9.17, 15) is 0 Å². The molecule has 0 atom stereocenters. The number of pyridine rings is 1. The molecule has 0 unspecified atom stereocenters. The molecule has 0 aliphatic carbocycles. The third-order valence-electron chi connectivity index (χ3n) is 4.18. The summed E-state index contributed by atoms with van der Waals surface area (Å²) in [4.78, 5) is 9.88. The van der Waals surface area contributed by atoms with Crippen LogP contribution < -0.4 is 10.6 Å². The maximum Gasteiger partial charge on any atom is 0.137 e. The predicted octanol–water partition coefficient (Wildman–Crippen LogP) is 3.53. The van der Waals surface area contributed by atoms with Crippen molar-refractivity contribution < 1.29 is 0 Å². The second-order valence-electron chi connectivity index (χ2n) is 5.32. The number of nitrogens with zero attached hydrogens (tertiary/aromatic N) is 2. The summed E-state index contributed by atoms with van der Waals surface area (Å²) in [5, 5.41) is 1.15. The molecule has 0 radical (unpaired) electrons. The Balaban J connectivity index is 2.16. The number of nitrogens with two attached hydrogens (primary N) is 1. The number of anilines is 1. The van der Waals surface area contributed by atoms with Crippen molar-refractivity contribution in [3.63, 3.8) is 0 Å². The van der Waals surface area contributed by atoms with E-state index in [-0.39, 0.29) is 0 Å². The molecular weight excluding hydrogens is 272 g/mol. The highest BCUT2D eigenvalue weighted by Crippen LogP contribution is 2.31. The first-order valence-corrected chi connectivity index (χ1v) is 7.78. The van der Waals surface area contributed by atoms with Crippen molar-refractivity contribution in [2.24, 2.45) is 5.73 Å². The number of aromatic amines is 1. The Morgan fingerprint density at radius 1 is 1.14 bits per heavy atom. The summed E-state index contributed by atoms with van der Waals surface area (Å²) in [5.41, 5.74) is 11.7. The van der Waals surface area contributed by atoms with Gasteiger partial charge in [0.25, 0.3) is 0 Å². The van der Waals surface area contributed by atoms with Crippen LogP contribution in [0, 0.1) is 0 Å². The lowest BCUT2D eigenvalue weighted by Crippen LogP contribution is -2.23. The van der Waals surface area contributed by atoms with E-state index in [0.29, 0.717) is 6.54 Å². The number of hydrogen-bond acceptors (Lipinski definition) is 3. The van der Waals surface area contributed by atoms with Gasteiger partial charge in [0.2, 0.25) is 0 Å². The predicted molar refractivity (Wildman–Crippen MR) is 93.0 cm³/mol. The fourth-order valence-electron chi connectivity index (χ4n) is 2.98. The summed E-state index contributed by atoms with van der Waals surface area (Å²) in [7, 11) is 0. The highest BCUT2D eigenvalue weighted by Gasteiger charge is 2.11. The fraction of sp³-hybridized carbons (Fsp3) is 0.278. The third-order valence-corrected chi connectivity index (χ3v) is 4.18. The summed E-state index contributed by atoms with van der Waals surface area (Å²) < 4.78 is 0. The van der Waals surface area contributed by atoms with Crippen molar-refractivity contribution >= 4 is 16.7 Å². The molecule has 3 aromatic rings. The van der Waals surface area contributed by atoms with E-state index in [2.05, 4.69) is 59.0 Å². The van der Waals surface area contributed by atoms with Gasteiger partial charge in [0, 0.05) is 43.1 Å². The van der Waals surface area contributed by atoms with E-state index in [4.69, 9.17) is 5.73 Å². The van der Waals surface area contributed by atoms with Crippen molar-refractivity contribution in [3.8, 4) is 11.1 Å². The molecule has 0 bridgehead atoms. The van der Waals surface area contributed by atoms with E-state index in [0.717, 1.165) is 24.1 Å². The van der Waals surface area contributed by atoms with Gasteiger partial charge in [-0.15, -0.1) is 0 Å². The van der Waals surface area contributed by atoms with Crippen LogP contribution in [0.1, 0.15) is 19.4 Å². The van der Waals surface area contributed by atoms with Crippen LogP contribution in [0.15, 0.2) is 42.7 Å². The normalized spacial score (nSPS) is 11.0. The highest BCUT2D eigenvalue weighted by atomic mass is 15.1. The second kappa shape index (κ2) is 6.20. The lowest BCUT2D eigenvalue weighted by Gasteiger charge is -2.24. The molecule has 22 heavy (non-hydrogen) atoms. The maximum absolute atomic E-state index is 5.92. The van der Waals surface area contributed by atoms with E-state index >= 15 is 0 Å². The van der Waals surface area contributed by atoms with Crippen LogP contribution in [-0.4, -0.2) is 23.1 Å². The lowest BCUT2D eigenvalue weighted by molar-refractivity contribution is 0.854. The molecule has 0 fully saturated rings. The molecule has 0 saturated heterocycles. The van der Waals surface area contributed by atoms with Crippen LogP contribution >= 0.6 is 0 Å². The molecule has 3 N–H and O–H groups in total. The Bertz CT molecular complexity index is 772. The van der Waals surface area contributed by atoms with Crippen molar-refractivity contribution in [2.75, 3.05) is 18.0 Å². The van der Waals surface area contributed by atoms with Gasteiger partial charge >= 0.3 is 0 Å². The second-order valence-corrected chi connectivity index (χ2v) is 5.32. The van der Waals surface area contributed by atoms with Gasteiger partial charge in [0.1, 0.15) is 5.65 Å². The van der Waals surface area contributed by atoms with Gasteiger partial charge in [0.05, 0.1) is 0 Å². The standard InChI is InChI=1S/C18H22N4/c1-3-22(4-2)17-11-13(5-6-14(17)12-19)15-7-9-20-18-16(15)8-10-21-18/h5-11H,3-4,12,19H2,1-2H3,(H,20,21). The van der Waals surface area contributed by atoms with Crippen molar-refractivity contribution in [2.45, 2.75) is 20.4 Å². The Morgan fingerprint density at radius 3 is 2.68 bits per heavy atom. The average molecular weight is 294 g/mol. The van der Waals surface area contributed by atoms with Gasteiger partial charge in [-0.1, -0.05) is 12.1 Å². The van der Waals surface area contributed by atoms with E-state index in [1.807, 2.05) is 12.4 Å². The molecular formula is C18H22N4. The molecule has 2 heterocycles. The molecule has 4 nitrogen and oxygen atoms in total. The molecule has 0 amide bonds. The number of fused-ring (bicyclic) bond motifs is 1. The number of rotatable bonds is 5. The summed E-state index contributed by atoms with van der Waals surface area (Å²) in [6, 6.07) is 10.7. The highest BCUT2D eigenvalue weighted by molar-refractivity contribution is 5.93. The Labute approximate surface area is 131 Å². The largest absolute Gasteiger partial charge is 0.372 e. The first kappa shape index (κ1) is 14.6. The zero-order chi connectivity index (χ0) is 15.5. The molecule has 2 aromatic heterocycles.